The van der Waals surface area contributed by atoms with Crippen molar-refractivity contribution in [1.82, 2.24) is 14.9 Å². The second kappa shape index (κ2) is 9.76. The molecule has 1 amide bonds. The molecular weight excluding hydrogens is 460 g/mol. The Hall–Kier alpha value is -3.91. The highest BCUT2D eigenvalue weighted by Gasteiger charge is 2.20. The summed E-state index contributed by atoms with van der Waals surface area (Å²) in [6, 6.07) is 18.1. The van der Waals surface area contributed by atoms with Crippen molar-refractivity contribution in [2.75, 3.05) is 4.72 Å². The minimum absolute atomic E-state index is 0.0751. The summed E-state index contributed by atoms with van der Waals surface area (Å²) in [7, 11) is -3.87. The lowest BCUT2D eigenvalue weighted by molar-refractivity contribution is 0.0950. The molecule has 1 aromatic heterocycles. The van der Waals surface area contributed by atoms with Gasteiger partial charge in [-0.25, -0.2) is 13.4 Å². The minimum Gasteiger partial charge on any atom is -0.348 e. The Morgan fingerprint density at radius 1 is 0.914 bits per heavy atom. The fourth-order valence-corrected chi connectivity index (χ4v) is 5.18. The normalized spacial score (nSPS) is 11.3. The van der Waals surface area contributed by atoms with Crippen LogP contribution in [0.5, 0.6) is 0 Å². The second-order valence-corrected chi connectivity index (χ2v) is 10.2. The van der Waals surface area contributed by atoms with Gasteiger partial charge in [0.2, 0.25) is 0 Å². The van der Waals surface area contributed by atoms with E-state index in [9.17, 15) is 13.2 Å². The fourth-order valence-electron chi connectivity index (χ4n) is 3.79. The van der Waals surface area contributed by atoms with Crippen LogP contribution in [0.3, 0.4) is 0 Å². The lowest BCUT2D eigenvalue weighted by Crippen LogP contribution is -2.23. The molecule has 0 saturated carbocycles. The molecule has 0 spiro atoms. The lowest BCUT2D eigenvalue weighted by atomic mass is 10.1. The van der Waals surface area contributed by atoms with Gasteiger partial charge in [-0.1, -0.05) is 30.3 Å². The number of carbonyl (C=O) groups excluding carboxylic acids is 1. The summed E-state index contributed by atoms with van der Waals surface area (Å²) in [5.74, 6) is 0.547. The average Bonchev–Trinajstić information content (AvgIpc) is 3.26. The number of carbonyl (C=O) groups is 1. The lowest BCUT2D eigenvalue weighted by Gasteiger charge is -2.14. The van der Waals surface area contributed by atoms with Crippen molar-refractivity contribution in [3.63, 3.8) is 0 Å². The zero-order valence-corrected chi connectivity index (χ0v) is 21.0. The van der Waals surface area contributed by atoms with Crippen molar-refractivity contribution < 1.29 is 13.2 Å². The van der Waals surface area contributed by atoms with E-state index in [4.69, 9.17) is 0 Å². The van der Waals surface area contributed by atoms with Crippen molar-refractivity contribution in [2.45, 2.75) is 39.1 Å². The number of nitrogens with one attached hydrogen (secondary N) is 2. The van der Waals surface area contributed by atoms with E-state index in [1.807, 2.05) is 67.9 Å². The SMILES string of the molecule is Cc1ccc(C)c(NS(=O)(=O)c2cc(C(=O)NCc3ccc(-n4ccnc4C)cc3)ccc2C)c1. The van der Waals surface area contributed by atoms with Crippen molar-refractivity contribution in [3.8, 4) is 5.69 Å². The molecule has 1 heterocycles. The van der Waals surface area contributed by atoms with Crippen LogP contribution in [0, 0.1) is 27.7 Å². The number of imidazole rings is 1. The maximum Gasteiger partial charge on any atom is 0.262 e. The molecule has 8 heteroatoms. The summed E-state index contributed by atoms with van der Waals surface area (Å²) in [6.07, 6.45) is 3.64. The van der Waals surface area contributed by atoms with Gasteiger partial charge in [0.1, 0.15) is 5.82 Å². The Balaban J connectivity index is 1.48. The molecule has 35 heavy (non-hydrogen) atoms. The number of amides is 1. The van der Waals surface area contributed by atoms with Gasteiger partial charge in [0, 0.05) is 30.2 Å². The first-order valence-electron chi connectivity index (χ1n) is 11.2. The van der Waals surface area contributed by atoms with Crippen LogP contribution >= 0.6 is 0 Å². The van der Waals surface area contributed by atoms with E-state index in [0.29, 0.717) is 17.8 Å². The molecule has 0 radical (unpaired) electrons. The molecule has 0 bridgehead atoms. The summed E-state index contributed by atoms with van der Waals surface area (Å²) in [5.41, 5.74) is 5.04. The highest BCUT2D eigenvalue weighted by Crippen LogP contribution is 2.24. The first kappa shape index (κ1) is 24.2. The van der Waals surface area contributed by atoms with Crippen LogP contribution < -0.4 is 10.0 Å². The molecule has 4 aromatic rings. The van der Waals surface area contributed by atoms with Crippen molar-refractivity contribution >= 4 is 21.6 Å². The Morgan fingerprint density at radius 2 is 1.63 bits per heavy atom. The Morgan fingerprint density at radius 3 is 2.31 bits per heavy atom. The van der Waals surface area contributed by atoms with Gasteiger partial charge in [0.25, 0.3) is 15.9 Å². The Bertz CT molecular complexity index is 1490. The van der Waals surface area contributed by atoms with Crippen LogP contribution in [0.1, 0.15) is 38.4 Å². The quantitative estimate of drug-likeness (QED) is 0.389. The number of aryl methyl sites for hydroxylation is 4. The molecule has 0 unspecified atom stereocenters. The largest absolute Gasteiger partial charge is 0.348 e. The smallest absolute Gasteiger partial charge is 0.262 e. The fraction of sp³-hybridized carbons (Fsp3) is 0.185. The zero-order chi connectivity index (χ0) is 25.2. The third kappa shape index (κ3) is 5.44. The van der Waals surface area contributed by atoms with Gasteiger partial charge in [-0.15, -0.1) is 0 Å². The van der Waals surface area contributed by atoms with Gasteiger partial charge in [-0.3, -0.25) is 9.52 Å². The summed E-state index contributed by atoms with van der Waals surface area (Å²) in [4.78, 5) is 17.1. The van der Waals surface area contributed by atoms with Gasteiger partial charge in [-0.2, -0.15) is 0 Å². The van der Waals surface area contributed by atoms with E-state index in [1.165, 1.54) is 6.07 Å². The number of sulfonamides is 1. The first-order chi connectivity index (χ1) is 16.6. The molecule has 0 aliphatic heterocycles. The summed E-state index contributed by atoms with van der Waals surface area (Å²) in [5, 5.41) is 2.87. The van der Waals surface area contributed by atoms with Crippen molar-refractivity contribution in [1.29, 1.82) is 0 Å². The third-order valence-corrected chi connectivity index (χ3v) is 7.38. The van der Waals surface area contributed by atoms with Gasteiger partial charge in [0.15, 0.2) is 0 Å². The van der Waals surface area contributed by atoms with Crippen LogP contribution in [0.2, 0.25) is 0 Å². The number of hydrogen-bond acceptors (Lipinski definition) is 4. The van der Waals surface area contributed by atoms with Crippen molar-refractivity contribution in [3.05, 3.63) is 107 Å². The van der Waals surface area contributed by atoms with Gasteiger partial charge in [-0.05, 0) is 80.3 Å². The highest BCUT2D eigenvalue weighted by atomic mass is 32.2. The topological polar surface area (TPSA) is 93.1 Å². The molecular formula is C27H28N4O3S. The minimum atomic E-state index is -3.87. The molecule has 0 fully saturated rings. The average molecular weight is 489 g/mol. The molecule has 0 aliphatic carbocycles. The highest BCUT2D eigenvalue weighted by molar-refractivity contribution is 7.92. The third-order valence-electron chi connectivity index (χ3n) is 5.87. The molecule has 2 N–H and O–H groups in total. The number of benzene rings is 3. The molecule has 0 aliphatic rings. The number of hydrogen-bond donors (Lipinski definition) is 2. The molecule has 4 rings (SSSR count). The number of nitrogens with zero attached hydrogens (tertiary/aromatic N) is 2. The van der Waals surface area contributed by atoms with Crippen LogP contribution in [0.4, 0.5) is 5.69 Å². The predicted molar refractivity (Wildman–Crippen MR) is 137 cm³/mol. The summed E-state index contributed by atoms with van der Waals surface area (Å²) < 4.78 is 30.9. The van der Waals surface area contributed by atoms with Crippen LogP contribution in [0.25, 0.3) is 5.69 Å². The number of aromatic nitrogens is 2. The van der Waals surface area contributed by atoms with Crippen LogP contribution in [-0.4, -0.2) is 23.9 Å². The summed E-state index contributed by atoms with van der Waals surface area (Å²) >= 11 is 0. The first-order valence-corrected chi connectivity index (χ1v) is 12.7. The molecule has 0 saturated heterocycles. The maximum absolute atomic E-state index is 13.1. The number of rotatable bonds is 7. The van der Waals surface area contributed by atoms with Gasteiger partial charge < -0.3 is 9.88 Å². The molecule has 7 nitrogen and oxygen atoms in total. The second-order valence-electron chi connectivity index (χ2n) is 8.60. The van der Waals surface area contributed by atoms with Gasteiger partial charge in [0.05, 0.1) is 10.6 Å². The molecule has 3 aromatic carbocycles. The zero-order valence-electron chi connectivity index (χ0n) is 20.2. The van der Waals surface area contributed by atoms with E-state index >= 15 is 0 Å². The van der Waals surface area contributed by atoms with E-state index in [1.54, 1.807) is 31.3 Å². The van der Waals surface area contributed by atoms with E-state index < -0.39 is 10.0 Å². The van der Waals surface area contributed by atoms with E-state index in [2.05, 4.69) is 15.0 Å². The maximum atomic E-state index is 13.1. The Labute approximate surface area is 205 Å². The van der Waals surface area contributed by atoms with E-state index in [0.717, 1.165) is 28.2 Å². The van der Waals surface area contributed by atoms with Crippen LogP contribution in [-0.2, 0) is 16.6 Å². The van der Waals surface area contributed by atoms with Crippen molar-refractivity contribution in [2.24, 2.45) is 0 Å². The predicted octanol–water partition coefficient (Wildman–Crippen LogP) is 4.84. The Kier molecular flexibility index (Phi) is 6.75. The molecule has 0 atom stereocenters. The van der Waals surface area contributed by atoms with Crippen LogP contribution in [0.15, 0.2) is 78.0 Å². The van der Waals surface area contributed by atoms with E-state index in [-0.39, 0.29) is 16.4 Å². The summed E-state index contributed by atoms with van der Waals surface area (Å²) in [6.45, 7) is 7.71. The monoisotopic (exact) mass is 488 g/mol. The standard InChI is InChI=1S/C27H28N4O3S/c1-18-5-6-19(2)25(15-18)30-35(33,34)26-16-23(10-7-20(26)3)27(32)29-17-22-8-11-24(12-9-22)31-14-13-28-21(31)4/h5-16,30H,17H2,1-4H3,(H,29,32). The van der Waals surface area contributed by atoms with Gasteiger partial charge >= 0.3 is 0 Å². The number of anilines is 1. The molecule has 180 valence electrons.